The van der Waals surface area contributed by atoms with Crippen LogP contribution in [0.25, 0.3) is 0 Å². The number of rotatable bonds is 4. The molecule has 0 atom stereocenters. The van der Waals surface area contributed by atoms with Gasteiger partial charge in [-0.3, -0.25) is 4.79 Å². The second kappa shape index (κ2) is 7.68. The highest BCUT2D eigenvalue weighted by Crippen LogP contribution is 2.47. The van der Waals surface area contributed by atoms with Crippen molar-refractivity contribution in [3.63, 3.8) is 0 Å². The molecule has 3 heterocycles. The predicted octanol–water partition coefficient (Wildman–Crippen LogP) is 4.12. The Labute approximate surface area is 169 Å². The van der Waals surface area contributed by atoms with Crippen LogP contribution in [0.4, 0.5) is 10.1 Å². The van der Waals surface area contributed by atoms with E-state index in [0.717, 1.165) is 37.2 Å². The minimum Gasteiger partial charge on any atom is -0.307 e. The smallest absolute Gasteiger partial charge is 0.261 e. The zero-order valence-electron chi connectivity index (χ0n) is 16.0. The summed E-state index contributed by atoms with van der Waals surface area (Å²) in [5, 5.41) is 0.709. The van der Waals surface area contributed by atoms with Gasteiger partial charge in [0.1, 0.15) is 10.8 Å². The molecule has 1 aromatic heterocycles. The van der Waals surface area contributed by atoms with Gasteiger partial charge in [0.05, 0.1) is 5.56 Å². The number of fused-ring (bicyclic) bond motifs is 2. The Balaban J connectivity index is 1.72. The molecule has 2 aromatic rings. The lowest BCUT2D eigenvalue weighted by Gasteiger charge is -2.38. The first-order valence-corrected chi connectivity index (χ1v) is 10.5. The fourth-order valence-electron chi connectivity index (χ4n) is 4.25. The molecule has 2 aliphatic heterocycles. The van der Waals surface area contributed by atoms with Gasteiger partial charge in [-0.2, -0.15) is 0 Å². The van der Waals surface area contributed by atoms with Gasteiger partial charge >= 0.3 is 0 Å². The summed E-state index contributed by atoms with van der Waals surface area (Å²) < 4.78 is 14.1. The summed E-state index contributed by atoms with van der Waals surface area (Å²) in [6.45, 7) is 6.24. The number of benzene rings is 1. The van der Waals surface area contributed by atoms with Gasteiger partial charge in [0, 0.05) is 29.6 Å². The number of pyridine rings is 1. The van der Waals surface area contributed by atoms with Crippen LogP contribution in [-0.4, -0.2) is 48.2 Å². The monoisotopic (exact) mass is 397 g/mol. The fourth-order valence-corrected chi connectivity index (χ4v) is 4.97. The van der Waals surface area contributed by atoms with Gasteiger partial charge in [-0.1, -0.05) is 6.08 Å². The molecular weight excluding hydrogens is 373 g/mol. The van der Waals surface area contributed by atoms with E-state index in [9.17, 15) is 9.18 Å². The van der Waals surface area contributed by atoms with Gasteiger partial charge in [-0.25, -0.2) is 9.37 Å². The highest BCUT2D eigenvalue weighted by Gasteiger charge is 2.46. The predicted molar refractivity (Wildman–Crippen MR) is 112 cm³/mol. The van der Waals surface area contributed by atoms with Crippen molar-refractivity contribution >= 4 is 23.4 Å². The summed E-state index contributed by atoms with van der Waals surface area (Å²) in [6.07, 6.45) is 5.35. The number of hydrogen-bond acceptors (Lipinski definition) is 4. The van der Waals surface area contributed by atoms with Crippen LogP contribution in [-0.2, 0) is 5.41 Å². The van der Waals surface area contributed by atoms with Crippen LogP contribution < -0.4 is 4.90 Å². The van der Waals surface area contributed by atoms with Gasteiger partial charge in [-0.05, 0) is 68.9 Å². The van der Waals surface area contributed by atoms with E-state index in [1.165, 1.54) is 17.8 Å². The molecule has 1 saturated heterocycles. The maximum atomic E-state index is 14.1. The fraction of sp³-hybridized carbons (Fsp3) is 0.364. The second-order valence-corrected chi connectivity index (χ2v) is 8.60. The molecule has 146 valence electrons. The standard InChI is InChI=1S/C22H24FN3OS/c1-3-13-28-20-17(5-4-10-24-20)21(27)26-15-22(8-11-25(2)12-9-22)18-14-16(23)6-7-19(18)26/h3-7,10,14H,1,8-9,11-13,15H2,2H3. The number of aromatic nitrogens is 1. The minimum atomic E-state index is -0.241. The van der Waals surface area contributed by atoms with E-state index in [2.05, 4.69) is 23.5 Å². The van der Waals surface area contributed by atoms with Gasteiger partial charge < -0.3 is 9.80 Å². The molecule has 0 unspecified atom stereocenters. The SMILES string of the molecule is C=CCSc1ncccc1C(=O)N1CC2(CCN(C)CC2)c2cc(F)ccc21. The number of likely N-dealkylation sites (tertiary alicyclic amines) is 1. The normalized spacial score (nSPS) is 18.3. The van der Waals surface area contributed by atoms with Crippen molar-refractivity contribution in [3.8, 4) is 0 Å². The van der Waals surface area contributed by atoms with Crippen molar-refractivity contribution in [2.24, 2.45) is 0 Å². The molecule has 2 aliphatic rings. The summed E-state index contributed by atoms with van der Waals surface area (Å²) in [7, 11) is 2.11. The van der Waals surface area contributed by atoms with Crippen LogP contribution in [0.2, 0.25) is 0 Å². The van der Waals surface area contributed by atoms with Crippen LogP contribution in [0, 0.1) is 5.82 Å². The summed E-state index contributed by atoms with van der Waals surface area (Å²) in [4.78, 5) is 22.0. The number of carbonyl (C=O) groups excluding carboxylic acids is 1. The number of amides is 1. The van der Waals surface area contributed by atoms with Crippen LogP contribution in [0.3, 0.4) is 0 Å². The third kappa shape index (κ3) is 3.35. The number of thioether (sulfide) groups is 1. The number of halogens is 1. The zero-order valence-corrected chi connectivity index (χ0v) is 16.8. The van der Waals surface area contributed by atoms with Gasteiger partial charge in [0.2, 0.25) is 0 Å². The average molecular weight is 398 g/mol. The Kier molecular flexibility index (Phi) is 5.25. The van der Waals surface area contributed by atoms with Gasteiger partial charge in [0.15, 0.2) is 0 Å². The van der Waals surface area contributed by atoms with E-state index in [4.69, 9.17) is 0 Å². The van der Waals surface area contributed by atoms with Crippen molar-refractivity contribution in [1.29, 1.82) is 0 Å². The van der Waals surface area contributed by atoms with Crippen LogP contribution >= 0.6 is 11.8 Å². The third-order valence-corrected chi connectivity index (χ3v) is 6.81. The molecule has 6 heteroatoms. The Bertz CT molecular complexity index is 908. The summed E-state index contributed by atoms with van der Waals surface area (Å²) >= 11 is 1.50. The minimum absolute atomic E-state index is 0.0664. The number of anilines is 1. The molecule has 4 rings (SSSR count). The van der Waals surface area contributed by atoms with Crippen molar-refractivity contribution in [3.05, 3.63) is 66.1 Å². The second-order valence-electron chi connectivity index (χ2n) is 7.59. The quantitative estimate of drug-likeness (QED) is 0.574. The first-order chi connectivity index (χ1) is 13.5. The van der Waals surface area contributed by atoms with Crippen LogP contribution in [0.5, 0.6) is 0 Å². The first kappa shape index (κ1) is 19.2. The maximum absolute atomic E-state index is 14.1. The Morgan fingerprint density at radius 1 is 1.36 bits per heavy atom. The summed E-state index contributed by atoms with van der Waals surface area (Å²) in [5.74, 6) is 0.383. The molecule has 1 spiro atoms. The largest absolute Gasteiger partial charge is 0.307 e. The third-order valence-electron chi connectivity index (χ3n) is 5.81. The Morgan fingerprint density at radius 3 is 2.89 bits per heavy atom. The number of piperidine rings is 1. The van der Waals surface area contributed by atoms with Gasteiger partial charge in [0.25, 0.3) is 5.91 Å². The maximum Gasteiger partial charge on any atom is 0.261 e. The van der Waals surface area contributed by atoms with E-state index in [1.807, 2.05) is 11.0 Å². The Morgan fingerprint density at radius 2 is 2.14 bits per heavy atom. The van der Waals surface area contributed by atoms with Crippen LogP contribution in [0.15, 0.2) is 54.2 Å². The topological polar surface area (TPSA) is 36.4 Å². The number of carbonyl (C=O) groups is 1. The number of hydrogen-bond donors (Lipinski definition) is 0. The van der Waals surface area contributed by atoms with E-state index in [-0.39, 0.29) is 17.1 Å². The molecule has 0 saturated carbocycles. The number of nitrogens with zero attached hydrogens (tertiary/aromatic N) is 3. The average Bonchev–Trinajstić information content (AvgIpc) is 3.02. The Hall–Kier alpha value is -2.18. The molecule has 1 fully saturated rings. The van der Waals surface area contributed by atoms with Crippen molar-refractivity contribution in [2.75, 3.05) is 37.3 Å². The van der Waals surface area contributed by atoms with E-state index in [1.54, 1.807) is 30.5 Å². The zero-order chi connectivity index (χ0) is 19.7. The first-order valence-electron chi connectivity index (χ1n) is 9.53. The molecule has 0 aliphatic carbocycles. The molecule has 1 amide bonds. The molecule has 0 bridgehead atoms. The van der Waals surface area contributed by atoms with E-state index in [0.29, 0.717) is 22.9 Å². The summed E-state index contributed by atoms with van der Waals surface area (Å²) in [6, 6.07) is 8.44. The molecule has 0 N–H and O–H groups in total. The van der Waals surface area contributed by atoms with E-state index < -0.39 is 0 Å². The molecule has 28 heavy (non-hydrogen) atoms. The van der Waals surface area contributed by atoms with Crippen molar-refractivity contribution in [2.45, 2.75) is 23.3 Å². The van der Waals surface area contributed by atoms with E-state index >= 15 is 0 Å². The lowest BCUT2D eigenvalue weighted by molar-refractivity contribution is 0.0975. The molecular formula is C22H24FN3OS. The highest BCUT2D eigenvalue weighted by atomic mass is 32.2. The van der Waals surface area contributed by atoms with Crippen molar-refractivity contribution < 1.29 is 9.18 Å². The molecule has 0 radical (unpaired) electrons. The lowest BCUT2D eigenvalue weighted by atomic mass is 9.74. The molecule has 1 aromatic carbocycles. The molecule has 4 nitrogen and oxygen atoms in total. The lowest BCUT2D eigenvalue weighted by Crippen LogP contribution is -2.45. The highest BCUT2D eigenvalue weighted by molar-refractivity contribution is 7.99. The summed E-state index contributed by atoms with van der Waals surface area (Å²) in [5.41, 5.74) is 2.23. The van der Waals surface area contributed by atoms with Crippen LogP contribution in [0.1, 0.15) is 28.8 Å². The van der Waals surface area contributed by atoms with Crippen molar-refractivity contribution in [1.82, 2.24) is 9.88 Å². The van der Waals surface area contributed by atoms with Gasteiger partial charge in [-0.15, -0.1) is 18.3 Å².